The highest BCUT2D eigenvalue weighted by molar-refractivity contribution is 9.10. The van der Waals surface area contributed by atoms with Gasteiger partial charge in [-0.15, -0.1) is 0 Å². The number of carbonyl (C=O) groups is 3. The van der Waals surface area contributed by atoms with Crippen molar-refractivity contribution in [2.75, 3.05) is 7.11 Å². The molecule has 0 spiro atoms. The summed E-state index contributed by atoms with van der Waals surface area (Å²) in [6, 6.07) is 0. The largest absolute Gasteiger partial charge is 0.469 e. The predicted molar refractivity (Wildman–Crippen MR) is 159 cm³/mol. The summed E-state index contributed by atoms with van der Waals surface area (Å²) in [7, 11) is 1.49. The van der Waals surface area contributed by atoms with Gasteiger partial charge in [-0.1, -0.05) is 74.3 Å². The molecular formula is C33H53BrO5. The Morgan fingerprint density at radius 1 is 1.05 bits per heavy atom. The van der Waals surface area contributed by atoms with Crippen LogP contribution in [0.15, 0.2) is 11.6 Å². The van der Waals surface area contributed by atoms with Crippen LogP contribution in [0.1, 0.15) is 121 Å². The topological polar surface area (TPSA) is 73.0 Å². The fourth-order valence-electron chi connectivity index (χ4n) is 7.95. The zero-order chi connectivity index (χ0) is 30.0. The van der Waals surface area contributed by atoms with Crippen LogP contribution in [-0.4, -0.2) is 35.3 Å². The Kier molecular flexibility index (Phi) is 8.39. The predicted octanol–water partition coefficient (Wildman–Crippen LogP) is 8.23. The minimum Gasteiger partial charge on any atom is -0.469 e. The molecule has 3 fully saturated rings. The van der Waals surface area contributed by atoms with Gasteiger partial charge in [0, 0.05) is 10.8 Å². The van der Waals surface area contributed by atoms with Crippen molar-refractivity contribution in [3.63, 3.8) is 0 Å². The van der Waals surface area contributed by atoms with E-state index in [4.69, 9.17) is 9.47 Å². The van der Waals surface area contributed by atoms with Crippen molar-refractivity contribution in [1.82, 2.24) is 0 Å². The molecule has 39 heavy (non-hydrogen) atoms. The second-order valence-corrected chi connectivity index (χ2v) is 16.7. The molecule has 0 amide bonds. The first-order valence-electron chi connectivity index (χ1n) is 14.8. The standard InChI is InChI=1S/C33H53BrO5/c1-13-27(3,4)16-18-30(9,26(37)38-12)19-17-28(5,6)31(10)15-14-22-29(7,8)24(36)33(34)25(39-33)32(22,11)23(31)20-21(2)35/h20,22,25H,13-19H2,1-12H3/b23-20+/t22-,25+,30-,31+,32-,33-/m0/s1. The maximum absolute atomic E-state index is 13.5. The van der Waals surface area contributed by atoms with Gasteiger partial charge >= 0.3 is 5.97 Å². The lowest BCUT2D eigenvalue weighted by atomic mass is 9.41. The number of Topliss-reactive ketones (excluding diaryl/α,β-unsaturated/α-hetero) is 1. The highest BCUT2D eigenvalue weighted by atomic mass is 79.9. The number of rotatable bonds is 10. The average Bonchev–Trinajstić information content (AvgIpc) is 3.56. The molecule has 0 aromatic rings. The molecule has 222 valence electrons. The van der Waals surface area contributed by atoms with Gasteiger partial charge in [0.05, 0.1) is 12.5 Å². The normalized spacial score (nSPS) is 36.5. The fourth-order valence-corrected chi connectivity index (χ4v) is 9.13. The third kappa shape index (κ3) is 5.13. The molecule has 3 aliphatic rings. The minimum atomic E-state index is -0.977. The lowest BCUT2D eigenvalue weighted by Gasteiger charge is -2.62. The van der Waals surface area contributed by atoms with Gasteiger partial charge < -0.3 is 9.47 Å². The number of fused-ring (bicyclic) bond motifs is 3. The van der Waals surface area contributed by atoms with Gasteiger partial charge in [-0.05, 0) is 96.5 Å². The van der Waals surface area contributed by atoms with Gasteiger partial charge in [0.15, 0.2) is 11.6 Å². The van der Waals surface area contributed by atoms with Crippen molar-refractivity contribution < 1.29 is 23.9 Å². The maximum Gasteiger partial charge on any atom is 0.311 e. The molecule has 0 unspecified atom stereocenters. The number of hydrogen-bond acceptors (Lipinski definition) is 5. The van der Waals surface area contributed by atoms with Crippen LogP contribution in [0.2, 0.25) is 0 Å². The van der Waals surface area contributed by atoms with E-state index in [1.807, 2.05) is 19.9 Å². The van der Waals surface area contributed by atoms with Crippen LogP contribution in [0.3, 0.4) is 0 Å². The van der Waals surface area contributed by atoms with Crippen LogP contribution < -0.4 is 0 Å². The molecule has 3 rings (SSSR count). The summed E-state index contributed by atoms with van der Waals surface area (Å²) in [5.74, 6) is 0.0530. The third-order valence-electron chi connectivity index (χ3n) is 11.8. The number of halogens is 1. The number of hydrogen-bond donors (Lipinski definition) is 0. The summed E-state index contributed by atoms with van der Waals surface area (Å²) in [6.45, 7) is 23.5. The molecule has 2 aliphatic carbocycles. The van der Waals surface area contributed by atoms with Gasteiger partial charge in [0.2, 0.25) is 4.51 Å². The number of allylic oxidation sites excluding steroid dienone is 1. The first-order chi connectivity index (χ1) is 17.6. The number of methoxy groups -OCH3 is 1. The average molecular weight is 610 g/mol. The summed E-state index contributed by atoms with van der Waals surface area (Å²) in [6.07, 6.45) is 7.61. The Bertz CT molecular complexity index is 1060. The molecule has 1 heterocycles. The summed E-state index contributed by atoms with van der Waals surface area (Å²) in [5.41, 5.74) is -0.908. The van der Waals surface area contributed by atoms with Crippen LogP contribution in [-0.2, 0) is 23.9 Å². The van der Waals surface area contributed by atoms with Gasteiger partial charge in [0.25, 0.3) is 0 Å². The van der Waals surface area contributed by atoms with Gasteiger partial charge in [0.1, 0.15) is 6.10 Å². The number of alkyl halides is 1. The highest BCUT2D eigenvalue weighted by Gasteiger charge is 2.79. The second-order valence-electron chi connectivity index (χ2n) is 15.5. The van der Waals surface area contributed by atoms with Crippen LogP contribution >= 0.6 is 15.9 Å². The van der Waals surface area contributed by atoms with E-state index in [1.165, 1.54) is 7.11 Å². The summed E-state index contributed by atoms with van der Waals surface area (Å²) in [5, 5.41) is 0. The van der Waals surface area contributed by atoms with E-state index in [0.717, 1.165) is 44.1 Å². The number of ketones is 2. The smallest absolute Gasteiger partial charge is 0.311 e. The van der Waals surface area contributed by atoms with Crippen LogP contribution in [0.25, 0.3) is 0 Å². The van der Waals surface area contributed by atoms with Crippen molar-refractivity contribution in [3.05, 3.63) is 11.6 Å². The zero-order valence-corrected chi connectivity index (χ0v) is 28.2. The molecule has 5 nitrogen and oxygen atoms in total. The van der Waals surface area contributed by atoms with Crippen molar-refractivity contribution in [2.24, 2.45) is 38.4 Å². The Labute approximate surface area is 245 Å². The van der Waals surface area contributed by atoms with E-state index in [9.17, 15) is 14.4 Å². The van der Waals surface area contributed by atoms with Gasteiger partial charge in [-0.2, -0.15) is 0 Å². The van der Waals surface area contributed by atoms with E-state index in [2.05, 4.69) is 71.3 Å². The van der Waals surface area contributed by atoms with Crippen molar-refractivity contribution in [2.45, 2.75) is 132 Å². The fraction of sp³-hybridized carbons (Fsp3) is 0.848. The van der Waals surface area contributed by atoms with E-state index < -0.39 is 20.8 Å². The minimum absolute atomic E-state index is 0.0191. The quantitative estimate of drug-likeness (QED) is 0.108. The van der Waals surface area contributed by atoms with E-state index in [0.29, 0.717) is 6.42 Å². The van der Waals surface area contributed by atoms with Crippen LogP contribution in [0.4, 0.5) is 0 Å². The highest BCUT2D eigenvalue weighted by Crippen LogP contribution is 2.74. The Morgan fingerprint density at radius 2 is 1.62 bits per heavy atom. The number of epoxide rings is 1. The summed E-state index contributed by atoms with van der Waals surface area (Å²) < 4.78 is 10.5. The molecular weight excluding hydrogens is 556 g/mol. The monoisotopic (exact) mass is 608 g/mol. The van der Waals surface area contributed by atoms with E-state index in [1.54, 1.807) is 6.92 Å². The molecule has 0 radical (unpaired) electrons. The lowest BCUT2D eigenvalue weighted by molar-refractivity contribution is -0.153. The Hall–Kier alpha value is -1.01. The summed E-state index contributed by atoms with van der Waals surface area (Å²) in [4.78, 5) is 39.3. The summed E-state index contributed by atoms with van der Waals surface area (Å²) >= 11 is 3.67. The van der Waals surface area contributed by atoms with E-state index in [-0.39, 0.29) is 45.8 Å². The number of carbonyl (C=O) groups excluding carboxylic acids is 3. The SMILES string of the molecule is CCC(C)(C)CC[C@@](C)(CCC(C)(C)[C@]1(C)CC[C@H]2C(C)(C)C(=O)[C@]3(Br)O[C@@H]3[C@]2(C)/C1=C/C(C)=O)C(=O)OC. The molecule has 0 bridgehead atoms. The third-order valence-corrected chi connectivity index (χ3v) is 12.8. The van der Waals surface area contributed by atoms with Crippen LogP contribution in [0.5, 0.6) is 0 Å². The molecule has 2 saturated carbocycles. The molecule has 0 aromatic carbocycles. The van der Waals surface area contributed by atoms with Crippen molar-refractivity contribution in [1.29, 1.82) is 0 Å². The number of ether oxygens (including phenoxy) is 2. The second kappa shape index (κ2) is 10.1. The molecule has 1 saturated heterocycles. The van der Waals surface area contributed by atoms with Crippen LogP contribution in [0, 0.1) is 38.4 Å². The first-order valence-corrected chi connectivity index (χ1v) is 15.6. The van der Waals surface area contributed by atoms with Crippen molar-refractivity contribution >= 4 is 33.5 Å². The van der Waals surface area contributed by atoms with Gasteiger partial charge in [-0.3, -0.25) is 14.4 Å². The lowest BCUT2D eigenvalue weighted by Crippen LogP contribution is -2.61. The molecule has 0 aromatic heterocycles. The Morgan fingerprint density at radius 3 is 2.13 bits per heavy atom. The maximum atomic E-state index is 13.5. The Balaban J connectivity index is 2.01. The number of esters is 1. The van der Waals surface area contributed by atoms with E-state index >= 15 is 0 Å². The molecule has 1 aliphatic heterocycles. The molecule has 6 heteroatoms. The van der Waals surface area contributed by atoms with Gasteiger partial charge in [-0.25, -0.2) is 0 Å². The van der Waals surface area contributed by atoms with Crippen molar-refractivity contribution in [3.8, 4) is 0 Å². The zero-order valence-electron chi connectivity index (χ0n) is 26.6. The first kappa shape index (κ1) is 32.5. The molecule has 6 atom stereocenters. The molecule has 0 N–H and O–H groups in total.